The second-order valence-electron chi connectivity index (χ2n) is 4.64. The molecule has 5 nitrogen and oxygen atoms in total. The van der Waals surface area contributed by atoms with Crippen LogP contribution in [0.25, 0.3) is 16.9 Å². The number of carboxylic acids is 1. The zero-order valence-electron chi connectivity index (χ0n) is 11.5. The van der Waals surface area contributed by atoms with E-state index in [1.807, 2.05) is 42.5 Å². The van der Waals surface area contributed by atoms with E-state index in [0.717, 1.165) is 5.56 Å². The van der Waals surface area contributed by atoms with E-state index >= 15 is 0 Å². The van der Waals surface area contributed by atoms with Crippen LogP contribution in [0.5, 0.6) is 5.75 Å². The fourth-order valence-corrected chi connectivity index (χ4v) is 2.33. The number of hydrogen-bond donors (Lipinski definition) is 1. The molecule has 0 amide bonds. The standard InChI is InChI=1S/C16H14N2O3/c1-21-12-7-8-14-17-16(11-5-3-2-4-6-11)13(9-15(19)20)18(14)10-12/h2-8,10H,9H2,1H3,(H,19,20). The van der Waals surface area contributed by atoms with Crippen molar-refractivity contribution in [2.45, 2.75) is 6.42 Å². The van der Waals surface area contributed by atoms with Crippen LogP contribution < -0.4 is 4.74 Å². The predicted octanol–water partition coefficient (Wildman–Crippen LogP) is 2.64. The molecule has 3 rings (SSSR count). The number of nitrogens with zero attached hydrogens (tertiary/aromatic N) is 2. The van der Waals surface area contributed by atoms with Crippen LogP contribution in [-0.2, 0) is 11.2 Å². The van der Waals surface area contributed by atoms with Crippen molar-refractivity contribution in [2.75, 3.05) is 7.11 Å². The number of aromatic nitrogens is 2. The van der Waals surface area contributed by atoms with E-state index in [-0.39, 0.29) is 6.42 Å². The molecule has 0 unspecified atom stereocenters. The molecular weight excluding hydrogens is 268 g/mol. The SMILES string of the molecule is COc1ccc2nc(-c3ccccc3)c(CC(=O)O)n2c1. The first-order valence-corrected chi connectivity index (χ1v) is 6.51. The molecule has 0 aliphatic carbocycles. The summed E-state index contributed by atoms with van der Waals surface area (Å²) in [6, 6.07) is 13.2. The van der Waals surface area contributed by atoms with Crippen molar-refractivity contribution in [1.82, 2.24) is 9.38 Å². The number of carbonyl (C=O) groups is 1. The summed E-state index contributed by atoms with van der Waals surface area (Å²) >= 11 is 0. The molecule has 21 heavy (non-hydrogen) atoms. The van der Waals surface area contributed by atoms with Gasteiger partial charge in [0.25, 0.3) is 0 Å². The Kier molecular flexibility index (Phi) is 3.31. The summed E-state index contributed by atoms with van der Waals surface area (Å²) in [7, 11) is 1.58. The average Bonchev–Trinajstić information content (AvgIpc) is 2.85. The van der Waals surface area contributed by atoms with Crippen LogP contribution in [0.4, 0.5) is 0 Å². The quantitative estimate of drug-likeness (QED) is 0.799. The maximum atomic E-state index is 11.2. The Morgan fingerprint density at radius 2 is 2.00 bits per heavy atom. The summed E-state index contributed by atoms with van der Waals surface area (Å²) in [5, 5.41) is 9.17. The molecule has 0 aliphatic heterocycles. The molecule has 1 N–H and O–H groups in total. The van der Waals surface area contributed by atoms with Crippen LogP contribution in [0.15, 0.2) is 48.7 Å². The van der Waals surface area contributed by atoms with Gasteiger partial charge in [0, 0.05) is 5.56 Å². The summed E-state index contributed by atoms with van der Waals surface area (Å²) in [6.45, 7) is 0. The summed E-state index contributed by atoms with van der Waals surface area (Å²) in [5.41, 5.74) is 2.93. The van der Waals surface area contributed by atoms with Crippen molar-refractivity contribution in [3.05, 3.63) is 54.4 Å². The molecule has 0 radical (unpaired) electrons. The van der Waals surface area contributed by atoms with Gasteiger partial charge in [-0.05, 0) is 12.1 Å². The van der Waals surface area contributed by atoms with E-state index in [1.165, 1.54) is 0 Å². The van der Waals surface area contributed by atoms with Gasteiger partial charge in [0.1, 0.15) is 11.4 Å². The van der Waals surface area contributed by atoms with Crippen LogP contribution in [0, 0.1) is 0 Å². The van der Waals surface area contributed by atoms with Gasteiger partial charge in [-0.1, -0.05) is 30.3 Å². The second-order valence-corrected chi connectivity index (χ2v) is 4.64. The third-order valence-electron chi connectivity index (χ3n) is 3.29. The summed E-state index contributed by atoms with van der Waals surface area (Å²) in [4.78, 5) is 15.7. The minimum Gasteiger partial charge on any atom is -0.495 e. The highest BCUT2D eigenvalue weighted by atomic mass is 16.5. The summed E-state index contributed by atoms with van der Waals surface area (Å²) in [5.74, 6) is -0.233. The van der Waals surface area contributed by atoms with Gasteiger partial charge in [-0.25, -0.2) is 4.98 Å². The first-order chi connectivity index (χ1) is 10.2. The Morgan fingerprint density at radius 1 is 1.24 bits per heavy atom. The number of fused-ring (bicyclic) bond motifs is 1. The first-order valence-electron chi connectivity index (χ1n) is 6.51. The molecular formula is C16H14N2O3. The molecule has 0 fully saturated rings. The molecule has 0 saturated carbocycles. The van der Waals surface area contributed by atoms with Crippen LogP contribution >= 0.6 is 0 Å². The molecule has 2 aromatic heterocycles. The number of ether oxygens (including phenoxy) is 1. The molecule has 1 aromatic carbocycles. The zero-order valence-corrected chi connectivity index (χ0v) is 11.5. The van der Waals surface area contributed by atoms with Crippen LogP contribution in [0.1, 0.15) is 5.69 Å². The van der Waals surface area contributed by atoms with Gasteiger partial charge < -0.3 is 9.84 Å². The van der Waals surface area contributed by atoms with E-state index in [2.05, 4.69) is 4.98 Å². The van der Waals surface area contributed by atoms with E-state index in [1.54, 1.807) is 17.7 Å². The maximum absolute atomic E-state index is 11.2. The molecule has 2 heterocycles. The Bertz CT molecular complexity index is 794. The first kappa shape index (κ1) is 13.2. The van der Waals surface area contributed by atoms with Crippen molar-refractivity contribution in [1.29, 1.82) is 0 Å². The van der Waals surface area contributed by atoms with Crippen molar-refractivity contribution < 1.29 is 14.6 Å². The summed E-state index contributed by atoms with van der Waals surface area (Å²) in [6.07, 6.45) is 1.66. The highest BCUT2D eigenvalue weighted by Crippen LogP contribution is 2.26. The number of aliphatic carboxylic acids is 1. The lowest BCUT2D eigenvalue weighted by molar-refractivity contribution is -0.136. The number of methoxy groups -OCH3 is 1. The van der Waals surface area contributed by atoms with Gasteiger partial charge in [-0.15, -0.1) is 0 Å². The van der Waals surface area contributed by atoms with Gasteiger partial charge in [-0.3, -0.25) is 9.20 Å². The van der Waals surface area contributed by atoms with Crippen LogP contribution in [0.2, 0.25) is 0 Å². The van der Waals surface area contributed by atoms with Crippen molar-refractivity contribution in [3.8, 4) is 17.0 Å². The average molecular weight is 282 g/mol. The van der Waals surface area contributed by atoms with Gasteiger partial charge in [0.05, 0.1) is 31.1 Å². The van der Waals surface area contributed by atoms with E-state index in [4.69, 9.17) is 4.74 Å². The molecule has 106 valence electrons. The molecule has 0 aliphatic rings. The molecule has 0 bridgehead atoms. The molecule has 3 aromatic rings. The third kappa shape index (κ3) is 2.45. The van der Waals surface area contributed by atoms with Gasteiger partial charge in [-0.2, -0.15) is 0 Å². The van der Waals surface area contributed by atoms with Crippen LogP contribution in [0.3, 0.4) is 0 Å². The Labute approximate surface area is 121 Å². The number of imidazole rings is 1. The topological polar surface area (TPSA) is 63.8 Å². The number of benzene rings is 1. The van der Waals surface area contributed by atoms with Crippen molar-refractivity contribution in [3.63, 3.8) is 0 Å². The Hall–Kier alpha value is -2.82. The zero-order chi connectivity index (χ0) is 14.8. The highest BCUT2D eigenvalue weighted by molar-refractivity contribution is 5.76. The minimum absolute atomic E-state index is 0.0986. The number of carboxylic acid groups (broad SMARTS) is 1. The van der Waals surface area contributed by atoms with Crippen molar-refractivity contribution >= 4 is 11.6 Å². The Morgan fingerprint density at radius 3 is 2.67 bits per heavy atom. The monoisotopic (exact) mass is 282 g/mol. The normalized spacial score (nSPS) is 10.7. The van der Waals surface area contributed by atoms with E-state index < -0.39 is 5.97 Å². The van der Waals surface area contributed by atoms with Gasteiger partial charge >= 0.3 is 5.97 Å². The predicted molar refractivity (Wildman–Crippen MR) is 78.5 cm³/mol. The minimum atomic E-state index is -0.892. The lowest BCUT2D eigenvalue weighted by Gasteiger charge is -2.04. The molecule has 5 heteroatoms. The molecule has 0 spiro atoms. The van der Waals surface area contributed by atoms with E-state index in [0.29, 0.717) is 22.8 Å². The molecule has 0 atom stereocenters. The number of pyridine rings is 1. The fourth-order valence-electron chi connectivity index (χ4n) is 2.33. The highest BCUT2D eigenvalue weighted by Gasteiger charge is 2.16. The number of rotatable bonds is 4. The smallest absolute Gasteiger partial charge is 0.309 e. The lowest BCUT2D eigenvalue weighted by Crippen LogP contribution is -2.05. The second kappa shape index (κ2) is 5.28. The van der Waals surface area contributed by atoms with E-state index in [9.17, 15) is 9.90 Å². The lowest BCUT2D eigenvalue weighted by atomic mass is 10.1. The maximum Gasteiger partial charge on any atom is 0.309 e. The van der Waals surface area contributed by atoms with Gasteiger partial charge in [0.2, 0.25) is 0 Å². The van der Waals surface area contributed by atoms with Crippen molar-refractivity contribution in [2.24, 2.45) is 0 Å². The third-order valence-corrected chi connectivity index (χ3v) is 3.29. The number of hydrogen-bond acceptors (Lipinski definition) is 3. The van der Waals surface area contributed by atoms with Crippen LogP contribution in [-0.4, -0.2) is 27.6 Å². The fraction of sp³-hybridized carbons (Fsp3) is 0.125. The summed E-state index contributed by atoms with van der Waals surface area (Å²) < 4.78 is 6.97. The molecule has 0 saturated heterocycles. The Balaban J connectivity index is 2.25. The largest absolute Gasteiger partial charge is 0.495 e. The van der Waals surface area contributed by atoms with Gasteiger partial charge in [0.15, 0.2) is 0 Å².